The lowest BCUT2D eigenvalue weighted by atomic mass is 9.81. The fourth-order valence-electron chi connectivity index (χ4n) is 6.62. The van der Waals surface area contributed by atoms with Gasteiger partial charge in [0.25, 0.3) is 0 Å². The number of nitrogens with zero attached hydrogens (tertiary/aromatic N) is 3. The summed E-state index contributed by atoms with van der Waals surface area (Å²) in [6.07, 6.45) is 0. The fourth-order valence-corrected chi connectivity index (χ4v) is 6.62. The van der Waals surface area contributed by atoms with Gasteiger partial charge < -0.3 is 4.90 Å². The van der Waals surface area contributed by atoms with Crippen LogP contribution < -0.4 is 4.90 Å². The minimum Gasteiger partial charge on any atom is -0.311 e. The van der Waals surface area contributed by atoms with Crippen molar-refractivity contribution in [3.63, 3.8) is 0 Å². The van der Waals surface area contributed by atoms with Crippen molar-refractivity contribution in [2.45, 2.75) is 19.3 Å². The van der Waals surface area contributed by atoms with Crippen LogP contribution in [0.25, 0.3) is 44.7 Å². The molecular formula is C41H31N3. The molecule has 0 unspecified atom stereocenters. The minimum atomic E-state index is -0.0909. The Hall–Kier alpha value is -5.54. The topological polar surface area (TPSA) is 29.0 Å². The summed E-state index contributed by atoms with van der Waals surface area (Å²) in [6.45, 7) is 4.64. The summed E-state index contributed by atoms with van der Waals surface area (Å²) in [6, 6.07) is 53.4. The van der Waals surface area contributed by atoms with Crippen molar-refractivity contribution in [1.82, 2.24) is 9.97 Å². The monoisotopic (exact) mass is 565 g/mol. The van der Waals surface area contributed by atoms with E-state index in [-0.39, 0.29) is 5.41 Å². The van der Waals surface area contributed by atoms with Crippen LogP contribution in [0.15, 0.2) is 152 Å². The van der Waals surface area contributed by atoms with Crippen LogP contribution in [0, 0.1) is 0 Å². The second-order valence-corrected chi connectivity index (χ2v) is 11.9. The Bertz CT molecular complexity index is 2090. The highest BCUT2D eigenvalue weighted by Gasteiger charge is 2.35. The fraction of sp³-hybridized carbons (Fsp3) is 0.0732. The Morgan fingerprint density at radius 3 is 1.55 bits per heavy atom. The normalized spacial score (nSPS) is 13.0. The summed E-state index contributed by atoms with van der Waals surface area (Å²) in [5.74, 6) is 0. The number of benzene rings is 6. The molecule has 0 spiro atoms. The van der Waals surface area contributed by atoms with Crippen molar-refractivity contribution in [3.05, 3.63) is 163 Å². The molecule has 6 aromatic carbocycles. The van der Waals surface area contributed by atoms with Crippen molar-refractivity contribution < 1.29 is 0 Å². The average Bonchev–Trinajstić information content (AvgIpc) is 3.31. The molecule has 0 bridgehead atoms. The molecule has 0 amide bonds. The lowest BCUT2D eigenvalue weighted by molar-refractivity contribution is 0.660. The van der Waals surface area contributed by atoms with E-state index in [2.05, 4.69) is 146 Å². The van der Waals surface area contributed by atoms with E-state index in [1.165, 1.54) is 22.3 Å². The van der Waals surface area contributed by atoms with E-state index in [1.54, 1.807) is 0 Å². The molecule has 0 saturated heterocycles. The lowest BCUT2D eigenvalue weighted by Gasteiger charge is -2.25. The molecular weight excluding hydrogens is 534 g/mol. The van der Waals surface area contributed by atoms with Gasteiger partial charge in [-0.05, 0) is 76.9 Å². The molecule has 8 rings (SSSR count). The van der Waals surface area contributed by atoms with Gasteiger partial charge in [-0.2, -0.15) is 0 Å². The molecule has 0 fully saturated rings. The van der Waals surface area contributed by atoms with Crippen LogP contribution in [0.2, 0.25) is 0 Å². The van der Waals surface area contributed by atoms with Crippen molar-refractivity contribution in [2.24, 2.45) is 0 Å². The zero-order chi connectivity index (χ0) is 29.7. The second-order valence-electron chi connectivity index (χ2n) is 11.9. The summed E-state index contributed by atoms with van der Waals surface area (Å²) in [5, 5.41) is 0. The van der Waals surface area contributed by atoms with Gasteiger partial charge in [0.2, 0.25) is 0 Å². The smallest absolute Gasteiger partial charge is 0.0973 e. The highest BCUT2D eigenvalue weighted by molar-refractivity contribution is 5.89. The summed E-state index contributed by atoms with van der Waals surface area (Å²) < 4.78 is 0. The summed E-state index contributed by atoms with van der Waals surface area (Å²) in [7, 11) is 0. The molecule has 7 aromatic rings. The number of hydrogen-bond acceptors (Lipinski definition) is 3. The second kappa shape index (κ2) is 10.3. The standard InChI is InChI=1S/C41H31N3/c1-41(2)35-18-10-9-17-33(35)34-26-23-29(27-36(34)41)40-39(42-37-19-11-12-20-38(37)43-40)28-21-24-32(25-22-28)44(30-13-5-3-6-14-30)31-15-7-4-8-16-31/h3-27H,1-2H3. The minimum absolute atomic E-state index is 0.0909. The van der Waals surface area contributed by atoms with Gasteiger partial charge in [-0.1, -0.05) is 111 Å². The zero-order valence-corrected chi connectivity index (χ0v) is 24.8. The molecule has 1 aromatic heterocycles. The molecule has 0 radical (unpaired) electrons. The summed E-state index contributed by atoms with van der Waals surface area (Å²) in [5.41, 5.74) is 14.2. The third-order valence-corrected chi connectivity index (χ3v) is 8.86. The van der Waals surface area contributed by atoms with Gasteiger partial charge in [0.05, 0.1) is 22.4 Å². The Morgan fingerprint density at radius 2 is 0.909 bits per heavy atom. The highest BCUT2D eigenvalue weighted by atomic mass is 15.1. The van der Waals surface area contributed by atoms with Crippen LogP contribution in [0.1, 0.15) is 25.0 Å². The van der Waals surface area contributed by atoms with E-state index in [4.69, 9.17) is 9.97 Å². The summed E-state index contributed by atoms with van der Waals surface area (Å²) in [4.78, 5) is 12.7. The number of anilines is 3. The first-order chi connectivity index (χ1) is 21.6. The van der Waals surface area contributed by atoms with Gasteiger partial charge in [-0.15, -0.1) is 0 Å². The van der Waals surface area contributed by atoms with Gasteiger partial charge in [0.1, 0.15) is 0 Å². The summed E-state index contributed by atoms with van der Waals surface area (Å²) >= 11 is 0. The van der Waals surface area contributed by atoms with E-state index in [9.17, 15) is 0 Å². The molecule has 0 aliphatic heterocycles. The Balaban J connectivity index is 1.26. The molecule has 1 aliphatic carbocycles. The first kappa shape index (κ1) is 26.1. The molecule has 1 aliphatic rings. The van der Waals surface area contributed by atoms with Gasteiger partial charge in [0.15, 0.2) is 0 Å². The molecule has 1 heterocycles. The van der Waals surface area contributed by atoms with Gasteiger partial charge in [0, 0.05) is 33.6 Å². The number of hydrogen-bond donors (Lipinski definition) is 0. The maximum atomic E-state index is 5.22. The van der Waals surface area contributed by atoms with Crippen LogP contribution in [0.4, 0.5) is 17.1 Å². The van der Waals surface area contributed by atoms with E-state index < -0.39 is 0 Å². The Kier molecular flexibility index (Phi) is 6.13. The quantitative estimate of drug-likeness (QED) is 0.208. The van der Waals surface area contributed by atoms with Crippen LogP contribution in [0.5, 0.6) is 0 Å². The van der Waals surface area contributed by atoms with Crippen molar-refractivity contribution in [3.8, 4) is 33.6 Å². The first-order valence-electron chi connectivity index (χ1n) is 15.1. The molecule has 0 atom stereocenters. The van der Waals surface area contributed by atoms with E-state index in [1.807, 2.05) is 24.3 Å². The Labute approximate surface area is 258 Å². The largest absolute Gasteiger partial charge is 0.311 e. The maximum absolute atomic E-state index is 5.22. The molecule has 3 nitrogen and oxygen atoms in total. The molecule has 210 valence electrons. The van der Waals surface area contributed by atoms with Crippen LogP contribution in [-0.4, -0.2) is 9.97 Å². The van der Waals surface area contributed by atoms with E-state index in [0.717, 1.165) is 50.6 Å². The maximum Gasteiger partial charge on any atom is 0.0973 e. The highest BCUT2D eigenvalue weighted by Crippen LogP contribution is 2.50. The predicted molar refractivity (Wildman–Crippen MR) is 183 cm³/mol. The van der Waals surface area contributed by atoms with E-state index in [0.29, 0.717) is 0 Å². The first-order valence-corrected chi connectivity index (χ1v) is 15.1. The molecule has 0 N–H and O–H groups in total. The zero-order valence-electron chi connectivity index (χ0n) is 24.8. The van der Waals surface area contributed by atoms with Gasteiger partial charge in [-0.25, -0.2) is 9.97 Å². The van der Waals surface area contributed by atoms with Crippen LogP contribution >= 0.6 is 0 Å². The SMILES string of the molecule is CC1(C)c2ccccc2-c2ccc(-c3nc4ccccc4nc3-c3ccc(N(c4ccccc4)c4ccccc4)cc3)cc21. The van der Waals surface area contributed by atoms with Crippen LogP contribution in [-0.2, 0) is 5.41 Å². The molecule has 44 heavy (non-hydrogen) atoms. The van der Waals surface area contributed by atoms with Crippen molar-refractivity contribution in [1.29, 1.82) is 0 Å². The number of aromatic nitrogens is 2. The van der Waals surface area contributed by atoms with E-state index >= 15 is 0 Å². The number of para-hydroxylation sites is 4. The molecule has 3 heteroatoms. The van der Waals surface area contributed by atoms with Gasteiger partial charge in [-0.3, -0.25) is 0 Å². The van der Waals surface area contributed by atoms with Gasteiger partial charge >= 0.3 is 0 Å². The number of rotatable bonds is 5. The van der Waals surface area contributed by atoms with Crippen molar-refractivity contribution >= 4 is 28.1 Å². The van der Waals surface area contributed by atoms with Crippen molar-refractivity contribution in [2.75, 3.05) is 4.90 Å². The Morgan fingerprint density at radius 1 is 0.432 bits per heavy atom. The third-order valence-electron chi connectivity index (χ3n) is 8.86. The van der Waals surface area contributed by atoms with Crippen LogP contribution in [0.3, 0.4) is 0 Å². The number of fused-ring (bicyclic) bond motifs is 4. The molecule has 0 saturated carbocycles. The average molecular weight is 566 g/mol. The predicted octanol–water partition coefficient (Wildman–Crippen LogP) is 10.7. The lowest BCUT2D eigenvalue weighted by Crippen LogP contribution is -2.15. The third kappa shape index (κ3) is 4.28.